The Morgan fingerprint density at radius 2 is 1.72 bits per heavy atom. The van der Waals surface area contributed by atoms with Gasteiger partial charge < -0.3 is 10.1 Å². The van der Waals surface area contributed by atoms with Gasteiger partial charge in [0.1, 0.15) is 5.75 Å². The molecular formula is C26H29N3O3. The summed E-state index contributed by atoms with van der Waals surface area (Å²) in [5.74, 6) is 0.190. The van der Waals surface area contributed by atoms with Gasteiger partial charge in [0.15, 0.2) is 0 Å². The van der Waals surface area contributed by atoms with E-state index < -0.39 is 0 Å². The highest BCUT2D eigenvalue weighted by Gasteiger charge is 2.09. The lowest BCUT2D eigenvalue weighted by Crippen LogP contribution is -2.20. The number of nitrogens with zero attached hydrogens (tertiary/aromatic N) is 1. The van der Waals surface area contributed by atoms with Crippen molar-refractivity contribution in [2.75, 3.05) is 11.9 Å². The van der Waals surface area contributed by atoms with Crippen LogP contribution in [0.15, 0.2) is 65.8 Å². The maximum atomic E-state index is 12.2. The van der Waals surface area contributed by atoms with Gasteiger partial charge in [0, 0.05) is 24.1 Å². The molecule has 2 amide bonds. The van der Waals surface area contributed by atoms with Crippen molar-refractivity contribution >= 4 is 34.5 Å². The van der Waals surface area contributed by atoms with Crippen LogP contribution in [0.5, 0.6) is 5.75 Å². The van der Waals surface area contributed by atoms with Crippen molar-refractivity contribution in [1.82, 2.24) is 5.43 Å². The van der Waals surface area contributed by atoms with E-state index in [1.807, 2.05) is 67.6 Å². The van der Waals surface area contributed by atoms with E-state index in [-0.39, 0.29) is 24.7 Å². The number of nitrogens with one attached hydrogen (secondary N) is 2. The summed E-state index contributed by atoms with van der Waals surface area (Å²) in [5.41, 5.74) is 5.16. The van der Waals surface area contributed by atoms with E-state index in [1.54, 1.807) is 6.21 Å². The molecule has 6 nitrogen and oxygen atoms in total. The van der Waals surface area contributed by atoms with Crippen molar-refractivity contribution < 1.29 is 14.3 Å². The standard InChI is InChI=1S/C26H29N3O3/c1-3-4-17-32-24-14-11-20-7-5-6-8-22(20)23(24)18-27-29-26(31)16-15-25(30)28-21-12-9-19(2)10-13-21/h5-14,18H,3-4,15-17H2,1-2H3,(H,28,30)(H,29,31). The number of ether oxygens (including phenoxy) is 1. The van der Waals surface area contributed by atoms with Crippen LogP contribution >= 0.6 is 0 Å². The lowest BCUT2D eigenvalue weighted by molar-refractivity contribution is -0.124. The quantitative estimate of drug-likeness (QED) is 0.263. The summed E-state index contributed by atoms with van der Waals surface area (Å²) in [4.78, 5) is 24.2. The van der Waals surface area contributed by atoms with Gasteiger partial charge in [-0.3, -0.25) is 9.59 Å². The fourth-order valence-corrected chi connectivity index (χ4v) is 3.17. The molecule has 0 saturated heterocycles. The van der Waals surface area contributed by atoms with E-state index in [9.17, 15) is 9.59 Å². The predicted molar refractivity (Wildman–Crippen MR) is 129 cm³/mol. The molecule has 3 aromatic rings. The Morgan fingerprint density at radius 3 is 2.50 bits per heavy atom. The molecule has 0 bridgehead atoms. The van der Waals surface area contributed by atoms with Crippen LogP contribution in [0, 0.1) is 6.92 Å². The van der Waals surface area contributed by atoms with Crippen LogP contribution in [-0.4, -0.2) is 24.6 Å². The average molecular weight is 432 g/mol. The van der Waals surface area contributed by atoms with Gasteiger partial charge in [-0.15, -0.1) is 0 Å². The van der Waals surface area contributed by atoms with Crippen LogP contribution in [0.2, 0.25) is 0 Å². The number of amides is 2. The Balaban J connectivity index is 1.58. The number of carbonyl (C=O) groups excluding carboxylic acids is 2. The Hall–Kier alpha value is -3.67. The molecule has 0 unspecified atom stereocenters. The lowest BCUT2D eigenvalue weighted by Gasteiger charge is -2.11. The maximum Gasteiger partial charge on any atom is 0.240 e. The zero-order chi connectivity index (χ0) is 22.8. The van der Waals surface area contributed by atoms with Gasteiger partial charge in [-0.1, -0.05) is 61.4 Å². The summed E-state index contributed by atoms with van der Waals surface area (Å²) < 4.78 is 5.93. The van der Waals surface area contributed by atoms with Crippen LogP contribution in [0.1, 0.15) is 43.7 Å². The SMILES string of the molecule is CCCCOc1ccc2ccccc2c1C=NNC(=O)CCC(=O)Nc1ccc(C)cc1. The summed E-state index contributed by atoms with van der Waals surface area (Å²) in [7, 11) is 0. The Labute approximate surface area is 188 Å². The minimum absolute atomic E-state index is 0.0461. The molecule has 166 valence electrons. The topological polar surface area (TPSA) is 79.8 Å². The van der Waals surface area contributed by atoms with Gasteiger partial charge in [-0.2, -0.15) is 5.10 Å². The van der Waals surface area contributed by atoms with Crippen molar-refractivity contribution in [2.45, 2.75) is 39.5 Å². The second kappa shape index (κ2) is 11.6. The van der Waals surface area contributed by atoms with Crippen molar-refractivity contribution in [3.05, 3.63) is 71.8 Å². The van der Waals surface area contributed by atoms with Gasteiger partial charge in [0.2, 0.25) is 11.8 Å². The molecule has 0 heterocycles. The van der Waals surface area contributed by atoms with Crippen LogP contribution in [0.3, 0.4) is 0 Å². The van der Waals surface area contributed by atoms with E-state index in [2.05, 4.69) is 22.8 Å². The zero-order valence-electron chi connectivity index (χ0n) is 18.6. The summed E-state index contributed by atoms with van der Waals surface area (Å²) in [6.07, 6.45) is 3.74. The van der Waals surface area contributed by atoms with Crippen LogP contribution in [0.4, 0.5) is 5.69 Å². The Kier molecular flexibility index (Phi) is 8.37. The second-order valence-corrected chi connectivity index (χ2v) is 7.61. The Morgan fingerprint density at radius 1 is 0.969 bits per heavy atom. The summed E-state index contributed by atoms with van der Waals surface area (Å²) in [6.45, 7) is 4.72. The first-order valence-electron chi connectivity index (χ1n) is 10.9. The molecule has 6 heteroatoms. The number of carbonyl (C=O) groups is 2. The van der Waals surface area contributed by atoms with E-state index in [0.717, 1.165) is 40.5 Å². The average Bonchev–Trinajstić information content (AvgIpc) is 2.80. The number of fused-ring (bicyclic) bond motifs is 1. The van der Waals surface area contributed by atoms with Gasteiger partial charge in [-0.05, 0) is 42.3 Å². The lowest BCUT2D eigenvalue weighted by atomic mass is 10.0. The fourth-order valence-electron chi connectivity index (χ4n) is 3.17. The first kappa shape index (κ1) is 23.0. The molecule has 0 saturated carbocycles. The third kappa shape index (κ3) is 6.67. The van der Waals surface area contributed by atoms with Gasteiger partial charge >= 0.3 is 0 Å². The third-order valence-electron chi connectivity index (χ3n) is 4.98. The molecule has 0 spiro atoms. The number of aryl methyl sites for hydroxylation is 1. The number of unbranched alkanes of at least 4 members (excludes halogenated alkanes) is 1. The predicted octanol–water partition coefficient (Wildman–Crippen LogP) is 5.20. The third-order valence-corrected chi connectivity index (χ3v) is 4.98. The van der Waals surface area contributed by atoms with Gasteiger partial charge in [0.05, 0.1) is 12.8 Å². The highest BCUT2D eigenvalue weighted by Crippen LogP contribution is 2.27. The monoisotopic (exact) mass is 431 g/mol. The van der Waals surface area contributed by atoms with Crippen molar-refractivity contribution in [2.24, 2.45) is 5.10 Å². The fraction of sp³-hybridized carbons (Fsp3) is 0.269. The second-order valence-electron chi connectivity index (χ2n) is 7.61. The summed E-state index contributed by atoms with van der Waals surface area (Å²) in [5, 5.41) is 8.96. The number of hydrogen-bond donors (Lipinski definition) is 2. The number of rotatable bonds is 10. The molecule has 0 atom stereocenters. The number of hydrazone groups is 1. The molecule has 0 aliphatic heterocycles. The van der Waals surface area contributed by atoms with Crippen LogP contribution < -0.4 is 15.5 Å². The molecule has 3 rings (SSSR count). The highest BCUT2D eigenvalue weighted by atomic mass is 16.5. The summed E-state index contributed by atoms with van der Waals surface area (Å²) in [6, 6.07) is 19.4. The molecule has 2 N–H and O–H groups in total. The largest absolute Gasteiger partial charge is 0.493 e. The van der Waals surface area contributed by atoms with E-state index in [4.69, 9.17) is 4.74 Å². The maximum absolute atomic E-state index is 12.2. The number of benzene rings is 3. The van der Waals surface area contributed by atoms with Crippen LogP contribution in [-0.2, 0) is 9.59 Å². The van der Waals surface area contributed by atoms with Crippen molar-refractivity contribution in [3.63, 3.8) is 0 Å². The van der Waals surface area contributed by atoms with Gasteiger partial charge in [-0.25, -0.2) is 5.43 Å². The smallest absolute Gasteiger partial charge is 0.240 e. The molecule has 0 fully saturated rings. The van der Waals surface area contributed by atoms with Crippen LogP contribution in [0.25, 0.3) is 10.8 Å². The van der Waals surface area contributed by atoms with E-state index in [0.29, 0.717) is 12.3 Å². The summed E-state index contributed by atoms with van der Waals surface area (Å²) >= 11 is 0. The van der Waals surface area contributed by atoms with Crippen molar-refractivity contribution in [3.8, 4) is 5.75 Å². The molecule has 0 aliphatic carbocycles. The molecule has 0 radical (unpaired) electrons. The van der Waals surface area contributed by atoms with E-state index in [1.165, 1.54) is 0 Å². The molecule has 0 aromatic heterocycles. The highest BCUT2D eigenvalue weighted by molar-refractivity contribution is 6.02. The molecule has 32 heavy (non-hydrogen) atoms. The first-order chi connectivity index (χ1) is 15.6. The molecule has 0 aliphatic rings. The van der Waals surface area contributed by atoms with Crippen molar-refractivity contribution in [1.29, 1.82) is 0 Å². The molecule has 3 aromatic carbocycles. The number of hydrogen-bond acceptors (Lipinski definition) is 4. The minimum Gasteiger partial charge on any atom is -0.493 e. The minimum atomic E-state index is -0.325. The molecular weight excluding hydrogens is 402 g/mol. The normalized spacial score (nSPS) is 10.9. The van der Waals surface area contributed by atoms with E-state index >= 15 is 0 Å². The van der Waals surface area contributed by atoms with Gasteiger partial charge in [0.25, 0.3) is 0 Å². The first-order valence-corrected chi connectivity index (χ1v) is 10.9. The number of anilines is 1. The Bertz CT molecular complexity index is 1090. The zero-order valence-corrected chi connectivity index (χ0v) is 18.6.